The van der Waals surface area contributed by atoms with Crippen molar-refractivity contribution >= 4 is 5.97 Å². The second kappa shape index (κ2) is 6.36. The summed E-state index contributed by atoms with van der Waals surface area (Å²) in [6.45, 7) is 0. The minimum atomic E-state index is -0.365. The predicted molar refractivity (Wildman–Crippen MR) is 85.3 cm³/mol. The largest absolute Gasteiger partial charge is 0.497 e. The third-order valence-corrected chi connectivity index (χ3v) is 3.49. The normalized spacial score (nSPS) is 10.3. The number of hydrogen-bond acceptors (Lipinski definition) is 5. The van der Waals surface area contributed by atoms with Crippen LogP contribution >= 0.6 is 0 Å². The standard InChI is InChI=1S/C18H15NO4/c1-21-15-9-7-13(8-10-15)17-11-16(19-23-17)12-3-5-14(6-4-12)18(20)22-2/h3-11H,1-2H3. The van der Waals surface area contributed by atoms with E-state index in [4.69, 9.17) is 9.26 Å². The van der Waals surface area contributed by atoms with E-state index >= 15 is 0 Å². The first-order valence-corrected chi connectivity index (χ1v) is 7.01. The molecule has 0 atom stereocenters. The van der Waals surface area contributed by atoms with E-state index in [-0.39, 0.29) is 5.97 Å². The van der Waals surface area contributed by atoms with Gasteiger partial charge in [-0.15, -0.1) is 0 Å². The molecule has 0 saturated heterocycles. The van der Waals surface area contributed by atoms with E-state index in [1.807, 2.05) is 42.5 Å². The van der Waals surface area contributed by atoms with E-state index in [0.717, 1.165) is 16.9 Å². The zero-order chi connectivity index (χ0) is 16.2. The highest BCUT2D eigenvalue weighted by atomic mass is 16.5. The highest BCUT2D eigenvalue weighted by Crippen LogP contribution is 2.27. The Balaban J connectivity index is 1.84. The molecule has 0 spiro atoms. The molecule has 5 heteroatoms. The van der Waals surface area contributed by atoms with Gasteiger partial charge in [-0.05, 0) is 36.4 Å². The van der Waals surface area contributed by atoms with Crippen LogP contribution in [0.3, 0.4) is 0 Å². The summed E-state index contributed by atoms with van der Waals surface area (Å²) < 4.78 is 15.2. The molecule has 23 heavy (non-hydrogen) atoms. The Morgan fingerprint density at radius 2 is 1.61 bits per heavy atom. The van der Waals surface area contributed by atoms with Crippen molar-refractivity contribution < 1.29 is 18.8 Å². The van der Waals surface area contributed by atoms with Crippen molar-refractivity contribution in [3.8, 4) is 28.3 Å². The molecule has 3 aromatic rings. The number of esters is 1. The zero-order valence-electron chi connectivity index (χ0n) is 12.8. The molecule has 5 nitrogen and oxygen atoms in total. The van der Waals surface area contributed by atoms with Gasteiger partial charge in [0.15, 0.2) is 5.76 Å². The SMILES string of the molecule is COC(=O)c1ccc(-c2cc(-c3ccc(OC)cc3)on2)cc1. The molecule has 0 aliphatic rings. The second-order valence-electron chi connectivity index (χ2n) is 4.87. The Morgan fingerprint density at radius 3 is 2.22 bits per heavy atom. The van der Waals surface area contributed by atoms with E-state index < -0.39 is 0 Å². The molecule has 0 fully saturated rings. The molecule has 0 N–H and O–H groups in total. The van der Waals surface area contributed by atoms with Crippen LogP contribution in [0.25, 0.3) is 22.6 Å². The van der Waals surface area contributed by atoms with Crippen molar-refractivity contribution in [1.29, 1.82) is 0 Å². The van der Waals surface area contributed by atoms with Crippen LogP contribution < -0.4 is 4.74 Å². The van der Waals surface area contributed by atoms with Gasteiger partial charge in [-0.25, -0.2) is 4.79 Å². The first-order chi connectivity index (χ1) is 11.2. The number of carbonyl (C=O) groups is 1. The second-order valence-corrected chi connectivity index (χ2v) is 4.87. The fraction of sp³-hybridized carbons (Fsp3) is 0.111. The fourth-order valence-electron chi connectivity index (χ4n) is 2.20. The van der Waals surface area contributed by atoms with Crippen LogP contribution in [0.5, 0.6) is 5.75 Å². The third kappa shape index (κ3) is 3.08. The van der Waals surface area contributed by atoms with Crippen LogP contribution in [0.2, 0.25) is 0 Å². The van der Waals surface area contributed by atoms with Crippen LogP contribution in [0.1, 0.15) is 10.4 Å². The number of hydrogen-bond donors (Lipinski definition) is 0. The number of nitrogens with zero attached hydrogens (tertiary/aromatic N) is 1. The highest BCUT2D eigenvalue weighted by Gasteiger charge is 2.10. The van der Waals surface area contributed by atoms with Gasteiger partial charge >= 0.3 is 5.97 Å². The summed E-state index contributed by atoms with van der Waals surface area (Å²) in [5.74, 6) is 1.09. The maximum absolute atomic E-state index is 11.4. The van der Waals surface area contributed by atoms with Gasteiger partial charge < -0.3 is 14.0 Å². The van der Waals surface area contributed by atoms with Crippen LogP contribution in [-0.2, 0) is 4.74 Å². The van der Waals surface area contributed by atoms with Crippen molar-refractivity contribution in [1.82, 2.24) is 5.16 Å². The molecule has 0 unspecified atom stereocenters. The topological polar surface area (TPSA) is 61.6 Å². The van der Waals surface area contributed by atoms with Crippen molar-refractivity contribution in [2.45, 2.75) is 0 Å². The van der Waals surface area contributed by atoms with Gasteiger partial charge in [-0.1, -0.05) is 17.3 Å². The minimum absolute atomic E-state index is 0.365. The first-order valence-electron chi connectivity index (χ1n) is 7.01. The third-order valence-electron chi connectivity index (χ3n) is 3.49. The lowest BCUT2D eigenvalue weighted by Crippen LogP contribution is -2.00. The van der Waals surface area contributed by atoms with Gasteiger partial charge in [0, 0.05) is 17.2 Å². The highest BCUT2D eigenvalue weighted by molar-refractivity contribution is 5.89. The van der Waals surface area contributed by atoms with Crippen molar-refractivity contribution in [2.75, 3.05) is 14.2 Å². The molecule has 0 aliphatic carbocycles. The Bertz CT molecular complexity index is 804. The van der Waals surface area contributed by atoms with Crippen LogP contribution in [-0.4, -0.2) is 25.3 Å². The van der Waals surface area contributed by atoms with Gasteiger partial charge in [0.2, 0.25) is 0 Å². The van der Waals surface area contributed by atoms with E-state index in [1.54, 1.807) is 19.2 Å². The Hall–Kier alpha value is -3.08. The molecular weight excluding hydrogens is 294 g/mol. The number of rotatable bonds is 4. The van der Waals surface area contributed by atoms with Crippen molar-refractivity contribution in [3.63, 3.8) is 0 Å². The van der Waals surface area contributed by atoms with E-state index in [2.05, 4.69) is 9.89 Å². The van der Waals surface area contributed by atoms with Gasteiger partial charge in [0.1, 0.15) is 11.4 Å². The summed E-state index contributed by atoms with van der Waals surface area (Å²) in [6, 6.07) is 16.4. The summed E-state index contributed by atoms with van der Waals surface area (Å²) in [6.07, 6.45) is 0. The van der Waals surface area contributed by atoms with Gasteiger partial charge in [-0.3, -0.25) is 0 Å². The molecular formula is C18H15NO4. The lowest BCUT2D eigenvalue weighted by molar-refractivity contribution is 0.0601. The van der Waals surface area contributed by atoms with Crippen LogP contribution in [0, 0.1) is 0 Å². The lowest BCUT2D eigenvalue weighted by atomic mass is 10.1. The van der Waals surface area contributed by atoms with Crippen molar-refractivity contribution in [2.24, 2.45) is 0 Å². The summed E-state index contributed by atoms with van der Waals surface area (Å²) in [5.41, 5.74) is 2.97. The number of benzene rings is 2. The van der Waals surface area contributed by atoms with Gasteiger partial charge in [-0.2, -0.15) is 0 Å². The summed E-state index contributed by atoms with van der Waals surface area (Å²) in [5, 5.41) is 4.08. The molecule has 0 saturated carbocycles. The van der Waals surface area contributed by atoms with Crippen molar-refractivity contribution in [3.05, 3.63) is 60.2 Å². The maximum Gasteiger partial charge on any atom is 0.337 e. The Labute approximate surface area is 133 Å². The monoisotopic (exact) mass is 309 g/mol. The molecule has 1 aromatic heterocycles. The average Bonchev–Trinajstić information content (AvgIpc) is 3.11. The van der Waals surface area contributed by atoms with Crippen LogP contribution in [0.15, 0.2) is 59.1 Å². The van der Waals surface area contributed by atoms with E-state index in [9.17, 15) is 4.79 Å². The molecule has 0 bridgehead atoms. The average molecular weight is 309 g/mol. The van der Waals surface area contributed by atoms with Gasteiger partial charge in [0.25, 0.3) is 0 Å². The van der Waals surface area contributed by atoms with Crippen LogP contribution in [0.4, 0.5) is 0 Å². The quantitative estimate of drug-likeness (QED) is 0.686. The molecule has 0 radical (unpaired) electrons. The maximum atomic E-state index is 11.4. The number of carbonyl (C=O) groups excluding carboxylic acids is 1. The predicted octanol–water partition coefficient (Wildman–Crippen LogP) is 3.80. The molecule has 0 aliphatic heterocycles. The molecule has 116 valence electrons. The lowest BCUT2D eigenvalue weighted by Gasteiger charge is -2.00. The fourth-order valence-corrected chi connectivity index (χ4v) is 2.20. The molecule has 1 heterocycles. The summed E-state index contributed by atoms with van der Waals surface area (Å²) in [7, 11) is 2.98. The summed E-state index contributed by atoms with van der Waals surface area (Å²) >= 11 is 0. The van der Waals surface area contributed by atoms with Gasteiger partial charge in [0.05, 0.1) is 19.8 Å². The molecule has 2 aromatic carbocycles. The summed E-state index contributed by atoms with van der Waals surface area (Å²) in [4.78, 5) is 11.4. The van der Waals surface area contributed by atoms with E-state index in [1.165, 1.54) is 7.11 Å². The first kappa shape index (κ1) is 14.8. The number of aromatic nitrogens is 1. The zero-order valence-corrected chi connectivity index (χ0v) is 12.8. The molecule has 0 amide bonds. The minimum Gasteiger partial charge on any atom is -0.497 e. The Morgan fingerprint density at radius 1 is 0.957 bits per heavy atom. The van der Waals surface area contributed by atoms with E-state index in [0.29, 0.717) is 17.0 Å². The number of ether oxygens (including phenoxy) is 2. The number of methoxy groups -OCH3 is 2. The molecule has 3 rings (SSSR count). The Kier molecular flexibility index (Phi) is 4.10. The smallest absolute Gasteiger partial charge is 0.337 e.